The Morgan fingerprint density at radius 1 is 1.28 bits per heavy atom. The third kappa shape index (κ3) is 5.45. The van der Waals surface area contributed by atoms with Crippen LogP contribution < -0.4 is 0 Å². The molecule has 18 heavy (non-hydrogen) atoms. The van der Waals surface area contributed by atoms with Gasteiger partial charge in [0.1, 0.15) is 0 Å². The number of carbonyl (C=O) groups excluding carboxylic acids is 1. The minimum absolute atomic E-state index is 0.267. The van der Waals surface area contributed by atoms with Crippen LogP contribution in [0.15, 0.2) is 24.3 Å². The van der Waals surface area contributed by atoms with Crippen LogP contribution in [0.4, 0.5) is 0 Å². The molecule has 0 bridgehead atoms. The zero-order valence-corrected chi connectivity index (χ0v) is 11.3. The minimum atomic E-state index is -4.07. The molecule has 2 N–H and O–H groups in total. The van der Waals surface area contributed by atoms with Crippen LogP contribution in [0, 0.1) is 5.92 Å². The lowest BCUT2D eigenvalue weighted by Gasteiger charge is -2.08. The molecule has 0 atom stereocenters. The Morgan fingerprint density at radius 2 is 1.83 bits per heavy atom. The predicted molar refractivity (Wildman–Crippen MR) is 67.3 cm³/mol. The summed E-state index contributed by atoms with van der Waals surface area (Å²) in [6.07, 6.45) is -0.325. The summed E-state index contributed by atoms with van der Waals surface area (Å²) in [6.45, 7) is 4.23. The highest BCUT2D eigenvalue weighted by Crippen LogP contribution is 2.38. The number of esters is 1. The van der Waals surface area contributed by atoms with Gasteiger partial charge in [0.15, 0.2) is 0 Å². The Balaban J connectivity index is 2.65. The molecule has 100 valence electrons. The highest BCUT2D eigenvalue weighted by atomic mass is 31.2. The van der Waals surface area contributed by atoms with Gasteiger partial charge in [0.25, 0.3) is 0 Å². The maximum Gasteiger partial charge on any atom is 0.338 e. The monoisotopic (exact) mass is 272 g/mol. The highest BCUT2D eigenvalue weighted by Gasteiger charge is 2.14. The third-order valence-corrected chi connectivity index (χ3v) is 2.90. The van der Waals surface area contributed by atoms with E-state index in [1.54, 1.807) is 0 Å². The fourth-order valence-electron chi connectivity index (χ4n) is 1.31. The number of benzene rings is 1. The lowest BCUT2D eigenvalue weighted by Crippen LogP contribution is -2.10. The van der Waals surface area contributed by atoms with Crippen LogP contribution in [0.5, 0.6) is 0 Å². The van der Waals surface area contributed by atoms with Gasteiger partial charge in [0.2, 0.25) is 0 Å². The van der Waals surface area contributed by atoms with Crippen LogP contribution in [0.2, 0.25) is 0 Å². The molecule has 1 aromatic carbocycles. The first-order chi connectivity index (χ1) is 8.28. The Kier molecular flexibility index (Phi) is 5.08. The number of carbonyl (C=O) groups is 1. The van der Waals surface area contributed by atoms with E-state index in [0.29, 0.717) is 17.7 Å². The number of hydrogen-bond acceptors (Lipinski definition) is 3. The third-order valence-electron chi connectivity index (χ3n) is 2.13. The first-order valence-corrected chi connectivity index (χ1v) is 7.38. The van der Waals surface area contributed by atoms with Crippen molar-refractivity contribution in [1.29, 1.82) is 0 Å². The molecule has 0 fully saturated rings. The lowest BCUT2D eigenvalue weighted by molar-refractivity contribution is 0.0459. The van der Waals surface area contributed by atoms with E-state index < -0.39 is 13.6 Å². The summed E-state index contributed by atoms with van der Waals surface area (Å²) in [5.74, 6) is -0.158. The molecule has 0 saturated carbocycles. The van der Waals surface area contributed by atoms with Gasteiger partial charge in [-0.25, -0.2) is 4.79 Å². The first kappa shape index (κ1) is 14.9. The van der Waals surface area contributed by atoms with Gasteiger partial charge in [-0.3, -0.25) is 4.57 Å². The van der Waals surface area contributed by atoms with E-state index in [-0.39, 0.29) is 12.1 Å². The largest absolute Gasteiger partial charge is 0.462 e. The molecule has 0 aromatic heterocycles. The van der Waals surface area contributed by atoms with Crippen LogP contribution >= 0.6 is 7.60 Å². The molecule has 0 aliphatic carbocycles. The Morgan fingerprint density at radius 3 is 2.28 bits per heavy atom. The molecule has 5 nitrogen and oxygen atoms in total. The smallest absolute Gasteiger partial charge is 0.338 e. The Bertz CT molecular complexity index is 446. The van der Waals surface area contributed by atoms with Crippen molar-refractivity contribution >= 4 is 13.6 Å². The van der Waals surface area contributed by atoms with E-state index in [1.165, 1.54) is 24.3 Å². The van der Waals surface area contributed by atoms with Crippen molar-refractivity contribution < 1.29 is 23.9 Å². The quantitative estimate of drug-likeness (QED) is 0.634. The van der Waals surface area contributed by atoms with E-state index >= 15 is 0 Å². The second-order valence-electron chi connectivity index (χ2n) is 4.51. The minimum Gasteiger partial charge on any atom is -0.462 e. The molecule has 1 rings (SSSR count). The van der Waals surface area contributed by atoms with Gasteiger partial charge >= 0.3 is 13.6 Å². The van der Waals surface area contributed by atoms with E-state index in [0.717, 1.165) is 0 Å². The summed E-state index contributed by atoms with van der Waals surface area (Å²) >= 11 is 0. The fraction of sp³-hybridized carbons (Fsp3) is 0.417. The average Bonchev–Trinajstić information content (AvgIpc) is 2.24. The highest BCUT2D eigenvalue weighted by molar-refractivity contribution is 7.50. The normalized spacial score (nSPS) is 11.6. The molecular weight excluding hydrogens is 255 g/mol. The van der Waals surface area contributed by atoms with Crippen molar-refractivity contribution in [3.8, 4) is 0 Å². The van der Waals surface area contributed by atoms with Crippen LogP contribution in [-0.2, 0) is 15.5 Å². The second-order valence-corrected chi connectivity index (χ2v) is 6.16. The molecule has 0 radical (unpaired) electrons. The second kappa shape index (κ2) is 6.14. The van der Waals surface area contributed by atoms with Gasteiger partial charge < -0.3 is 14.5 Å². The van der Waals surface area contributed by atoms with Crippen LogP contribution in [0.1, 0.15) is 29.8 Å². The molecule has 0 aliphatic heterocycles. The number of ether oxygens (including phenoxy) is 1. The van der Waals surface area contributed by atoms with Crippen LogP contribution in [-0.4, -0.2) is 22.4 Å². The molecule has 0 spiro atoms. The van der Waals surface area contributed by atoms with Crippen LogP contribution in [0.3, 0.4) is 0 Å². The zero-order valence-electron chi connectivity index (χ0n) is 10.4. The molecule has 0 aliphatic rings. The van der Waals surface area contributed by atoms with Gasteiger partial charge in [0, 0.05) is 0 Å². The zero-order chi connectivity index (χ0) is 13.8. The van der Waals surface area contributed by atoms with Crippen molar-refractivity contribution in [2.75, 3.05) is 6.61 Å². The van der Waals surface area contributed by atoms with E-state index in [2.05, 4.69) is 0 Å². The lowest BCUT2D eigenvalue weighted by atomic mass is 10.1. The van der Waals surface area contributed by atoms with E-state index in [9.17, 15) is 9.36 Å². The average molecular weight is 272 g/mol. The summed E-state index contributed by atoms with van der Waals surface area (Å²) in [5, 5.41) is 0. The van der Waals surface area contributed by atoms with Crippen molar-refractivity contribution in [3.63, 3.8) is 0 Å². The first-order valence-electron chi connectivity index (χ1n) is 5.58. The Hall–Kier alpha value is -1.16. The number of hydrogen-bond donors (Lipinski definition) is 2. The molecule has 0 saturated heterocycles. The van der Waals surface area contributed by atoms with Crippen LogP contribution in [0.25, 0.3) is 0 Å². The maximum absolute atomic E-state index is 11.6. The van der Waals surface area contributed by atoms with Crippen molar-refractivity contribution in [1.82, 2.24) is 0 Å². The summed E-state index contributed by atoms with van der Waals surface area (Å²) in [7, 11) is -4.07. The van der Waals surface area contributed by atoms with Crippen molar-refractivity contribution in [2.24, 2.45) is 5.92 Å². The number of rotatable bonds is 5. The topological polar surface area (TPSA) is 83.8 Å². The molecular formula is C12H17O5P. The van der Waals surface area contributed by atoms with E-state index in [4.69, 9.17) is 14.5 Å². The van der Waals surface area contributed by atoms with Crippen molar-refractivity contribution in [2.45, 2.75) is 20.0 Å². The predicted octanol–water partition coefficient (Wildman–Crippen LogP) is 2.18. The molecule has 1 aromatic rings. The van der Waals surface area contributed by atoms with Gasteiger partial charge in [0.05, 0.1) is 18.3 Å². The summed E-state index contributed by atoms with van der Waals surface area (Å²) in [4.78, 5) is 29.2. The SMILES string of the molecule is CC(C)COC(=O)c1ccc(CP(=O)(O)O)cc1. The molecule has 0 unspecified atom stereocenters. The molecule has 6 heteroatoms. The van der Waals surface area contributed by atoms with Gasteiger partial charge in [-0.2, -0.15) is 0 Å². The van der Waals surface area contributed by atoms with Gasteiger partial charge in [-0.15, -0.1) is 0 Å². The fourth-order valence-corrected chi connectivity index (χ4v) is 2.00. The standard InChI is InChI=1S/C12H17O5P/c1-9(2)7-17-12(13)11-5-3-10(4-6-11)8-18(14,15)16/h3-6,9H,7-8H2,1-2H3,(H2,14,15,16). The van der Waals surface area contributed by atoms with E-state index in [1.807, 2.05) is 13.8 Å². The van der Waals surface area contributed by atoms with Gasteiger partial charge in [-0.05, 0) is 23.6 Å². The summed E-state index contributed by atoms with van der Waals surface area (Å²) < 4.78 is 15.8. The van der Waals surface area contributed by atoms with Crippen molar-refractivity contribution in [3.05, 3.63) is 35.4 Å². The molecule has 0 amide bonds. The summed E-state index contributed by atoms with van der Waals surface area (Å²) in [5.41, 5.74) is 0.869. The maximum atomic E-state index is 11.6. The van der Waals surface area contributed by atoms with Gasteiger partial charge in [-0.1, -0.05) is 26.0 Å². The summed E-state index contributed by atoms with van der Waals surface area (Å²) in [6, 6.07) is 6.05. The Labute approximate surface area is 106 Å². The molecule has 0 heterocycles.